The van der Waals surface area contributed by atoms with Crippen LogP contribution < -0.4 is 10.1 Å². The van der Waals surface area contributed by atoms with Crippen molar-refractivity contribution < 1.29 is 4.74 Å². The van der Waals surface area contributed by atoms with Crippen LogP contribution in [0.5, 0.6) is 5.88 Å². The van der Waals surface area contributed by atoms with Crippen LogP contribution >= 0.6 is 0 Å². The van der Waals surface area contributed by atoms with Crippen molar-refractivity contribution in [3.63, 3.8) is 0 Å². The molecule has 1 atom stereocenters. The van der Waals surface area contributed by atoms with Crippen LogP contribution in [0.2, 0.25) is 0 Å². The monoisotopic (exact) mass is 251 g/mol. The standard InChI is InChI=1S/C14H25N3O/c1-5-6-15-8-13-9-17-14(10-16-13)18-12(4)7-11(2)3/h9-12,15H,5-8H2,1-4H3. The Labute approximate surface area is 110 Å². The molecule has 0 aliphatic heterocycles. The molecule has 0 fully saturated rings. The molecule has 1 unspecified atom stereocenters. The van der Waals surface area contributed by atoms with Crippen molar-refractivity contribution in [1.82, 2.24) is 15.3 Å². The predicted molar refractivity (Wildman–Crippen MR) is 73.6 cm³/mol. The molecule has 0 saturated heterocycles. The highest BCUT2D eigenvalue weighted by atomic mass is 16.5. The Morgan fingerprint density at radius 3 is 2.56 bits per heavy atom. The van der Waals surface area contributed by atoms with E-state index in [9.17, 15) is 0 Å². The maximum atomic E-state index is 5.71. The summed E-state index contributed by atoms with van der Waals surface area (Å²) in [5.41, 5.74) is 0.951. The second-order valence-corrected chi connectivity index (χ2v) is 5.08. The summed E-state index contributed by atoms with van der Waals surface area (Å²) in [7, 11) is 0. The third-order valence-corrected chi connectivity index (χ3v) is 2.54. The fourth-order valence-electron chi connectivity index (χ4n) is 1.81. The highest BCUT2D eigenvalue weighted by molar-refractivity contribution is 5.07. The van der Waals surface area contributed by atoms with E-state index in [1.54, 1.807) is 12.4 Å². The van der Waals surface area contributed by atoms with Gasteiger partial charge in [-0.2, -0.15) is 0 Å². The topological polar surface area (TPSA) is 47.0 Å². The number of rotatable bonds is 8. The minimum Gasteiger partial charge on any atom is -0.474 e. The fourth-order valence-corrected chi connectivity index (χ4v) is 1.81. The van der Waals surface area contributed by atoms with E-state index in [-0.39, 0.29) is 6.10 Å². The van der Waals surface area contributed by atoms with Gasteiger partial charge in [-0.3, -0.25) is 4.98 Å². The van der Waals surface area contributed by atoms with Gasteiger partial charge in [0.2, 0.25) is 5.88 Å². The molecule has 0 bridgehead atoms. The number of aromatic nitrogens is 2. The first-order chi connectivity index (χ1) is 8.61. The van der Waals surface area contributed by atoms with Gasteiger partial charge in [0.25, 0.3) is 0 Å². The summed E-state index contributed by atoms with van der Waals surface area (Å²) >= 11 is 0. The van der Waals surface area contributed by atoms with Gasteiger partial charge in [-0.05, 0) is 32.2 Å². The Morgan fingerprint density at radius 1 is 1.22 bits per heavy atom. The van der Waals surface area contributed by atoms with Crippen LogP contribution in [0, 0.1) is 5.92 Å². The van der Waals surface area contributed by atoms with Gasteiger partial charge in [-0.1, -0.05) is 20.8 Å². The summed E-state index contributed by atoms with van der Waals surface area (Å²) in [6.45, 7) is 10.4. The zero-order valence-electron chi connectivity index (χ0n) is 11.9. The predicted octanol–water partition coefficient (Wildman–Crippen LogP) is 2.79. The Kier molecular flexibility index (Phi) is 6.65. The van der Waals surface area contributed by atoms with Crippen molar-refractivity contribution in [2.24, 2.45) is 5.92 Å². The fraction of sp³-hybridized carbons (Fsp3) is 0.714. The molecule has 0 aromatic carbocycles. The lowest BCUT2D eigenvalue weighted by atomic mass is 10.1. The first-order valence-corrected chi connectivity index (χ1v) is 6.80. The lowest BCUT2D eigenvalue weighted by Crippen LogP contribution is -2.17. The van der Waals surface area contributed by atoms with E-state index in [1.807, 2.05) is 0 Å². The molecule has 1 aromatic rings. The Balaban J connectivity index is 2.39. The third kappa shape index (κ3) is 5.96. The lowest BCUT2D eigenvalue weighted by Gasteiger charge is -2.15. The molecule has 4 nitrogen and oxygen atoms in total. The summed E-state index contributed by atoms with van der Waals surface area (Å²) in [6, 6.07) is 0. The highest BCUT2D eigenvalue weighted by Gasteiger charge is 2.07. The van der Waals surface area contributed by atoms with Crippen LogP contribution in [0.25, 0.3) is 0 Å². The molecule has 1 N–H and O–H groups in total. The molecule has 0 aliphatic rings. The number of nitrogens with zero attached hydrogens (tertiary/aromatic N) is 2. The van der Waals surface area contributed by atoms with Gasteiger partial charge in [0.1, 0.15) is 0 Å². The van der Waals surface area contributed by atoms with Gasteiger partial charge in [-0.25, -0.2) is 4.98 Å². The van der Waals surface area contributed by atoms with Crippen LogP contribution in [-0.2, 0) is 6.54 Å². The zero-order chi connectivity index (χ0) is 13.4. The van der Waals surface area contributed by atoms with Crippen LogP contribution in [0.4, 0.5) is 0 Å². The molecule has 1 rings (SSSR count). The van der Waals surface area contributed by atoms with Crippen LogP contribution in [0.3, 0.4) is 0 Å². The molecular formula is C14H25N3O. The average molecular weight is 251 g/mol. The average Bonchev–Trinajstić information content (AvgIpc) is 2.30. The molecule has 0 saturated carbocycles. The lowest BCUT2D eigenvalue weighted by molar-refractivity contribution is 0.185. The maximum Gasteiger partial charge on any atom is 0.232 e. The molecule has 0 radical (unpaired) electrons. The summed E-state index contributed by atoms with van der Waals surface area (Å²) < 4.78 is 5.71. The van der Waals surface area contributed by atoms with E-state index in [0.29, 0.717) is 11.8 Å². The number of hydrogen-bond acceptors (Lipinski definition) is 4. The van der Waals surface area contributed by atoms with E-state index >= 15 is 0 Å². The molecule has 0 spiro atoms. The molecule has 18 heavy (non-hydrogen) atoms. The van der Waals surface area contributed by atoms with Gasteiger partial charge in [-0.15, -0.1) is 0 Å². The highest BCUT2D eigenvalue weighted by Crippen LogP contribution is 2.12. The van der Waals surface area contributed by atoms with Crippen molar-refractivity contribution in [3.05, 3.63) is 18.1 Å². The second kappa shape index (κ2) is 8.03. The van der Waals surface area contributed by atoms with Gasteiger partial charge in [0.05, 0.1) is 24.2 Å². The molecule has 102 valence electrons. The number of ether oxygens (including phenoxy) is 1. The van der Waals surface area contributed by atoms with E-state index in [4.69, 9.17) is 4.74 Å². The Hall–Kier alpha value is -1.16. The molecule has 1 aromatic heterocycles. The van der Waals surface area contributed by atoms with E-state index in [2.05, 4.69) is 43.0 Å². The first kappa shape index (κ1) is 14.9. The SMILES string of the molecule is CCCNCc1cnc(OC(C)CC(C)C)cn1. The van der Waals surface area contributed by atoms with E-state index in [1.165, 1.54) is 0 Å². The minimum absolute atomic E-state index is 0.184. The van der Waals surface area contributed by atoms with E-state index in [0.717, 1.165) is 31.6 Å². The first-order valence-electron chi connectivity index (χ1n) is 6.80. The Bertz CT molecular complexity index is 324. The normalized spacial score (nSPS) is 12.7. The van der Waals surface area contributed by atoms with E-state index < -0.39 is 0 Å². The maximum absolute atomic E-state index is 5.71. The second-order valence-electron chi connectivity index (χ2n) is 5.08. The quantitative estimate of drug-likeness (QED) is 0.722. The zero-order valence-corrected chi connectivity index (χ0v) is 11.9. The van der Waals surface area contributed by atoms with Crippen molar-refractivity contribution in [1.29, 1.82) is 0 Å². The van der Waals surface area contributed by atoms with Gasteiger partial charge in [0.15, 0.2) is 0 Å². The smallest absolute Gasteiger partial charge is 0.232 e. The van der Waals surface area contributed by atoms with Crippen LogP contribution in [0.15, 0.2) is 12.4 Å². The summed E-state index contributed by atoms with van der Waals surface area (Å²) in [5, 5.41) is 3.29. The molecule has 1 heterocycles. The molecule has 4 heteroatoms. The number of nitrogens with one attached hydrogen (secondary N) is 1. The third-order valence-electron chi connectivity index (χ3n) is 2.54. The van der Waals surface area contributed by atoms with Gasteiger partial charge >= 0.3 is 0 Å². The van der Waals surface area contributed by atoms with Crippen molar-refractivity contribution in [3.8, 4) is 5.88 Å². The van der Waals surface area contributed by atoms with Crippen LogP contribution in [0.1, 0.15) is 46.2 Å². The largest absolute Gasteiger partial charge is 0.474 e. The molecule has 0 amide bonds. The summed E-state index contributed by atoms with van der Waals surface area (Å²) in [6.07, 6.45) is 5.83. The summed E-state index contributed by atoms with van der Waals surface area (Å²) in [4.78, 5) is 8.61. The van der Waals surface area contributed by atoms with Crippen LogP contribution in [-0.4, -0.2) is 22.6 Å². The minimum atomic E-state index is 0.184. The number of hydrogen-bond donors (Lipinski definition) is 1. The molecule has 0 aliphatic carbocycles. The van der Waals surface area contributed by atoms with Crippen molar-refractivity contribution >= 4 is 0 Å². The van der Waals surface area contributed by atoms with Gasteiger partial charge < -0.3 is 10.1 Å². The van der Waals surface area contributed by atoms with Crippen molar-refractivity contribution in [2.45, 2.75) is 53.2 Å². The molecular weight excluding hydrogens is 226 g/mol. The Morgan fingerprint density at radius 2 is 2.00 bits per heavy atom. The summed E-state index contributed by atoms with van der Waals surface area (Å²) in [5.74, 6) is 1.24. The van der Waals surface area contributed by atoms with Gasteiger partial charge in [0, 0.05) is 6.54 Å². The van der Waals surface area contributed by atoms with Crippen molar-refractivity contribution in [2.75, 3.05) is 6.54 Å².